The predicted octanol–water partition coefficient (Wildman–Crippen LogP) is 5.41. The molecule has 8 nitrogen and oxygen atoms in total. The van der Waals surface area contributed by atoms with Gasteiger partial charge >= 0.3 is 0 Å². The number of halogens is 2. The van der Waals surface area contributed by atoms with Crippen LogP contribution >= 0.6 is 23.4 Å². The molecule has 2 heterocycles. The number of rotatable bonds is 9. The first-order valence-electron chi connectivity index (χ1n) is 11.8. The van der Waals surface area contributed by atoms with E-state index in [2.05, 4.69) is 22.1 Å². The van der Waals surface area contributed by atoms with E-state index in [0.29, 0.717) is 46.0 Å². The van der Waals surface area contributed by atoms with Gasteiger partial charge in [-0.05, 0) is 49.1 Å². The Labute approximate surface area is 233 Å². The summed E-state index contributed by atoms with van der Waals surface area (Å²) in [6.07, 6.45) is 0.165. The lowest BCUT2D eigenvalue weighted by atomic mass is 9.95. The molecular weight excluding hydrogens is 541 g/mol. The zero-order chi connectivity index (χ0) is 28.1. The molecule has 11 heteroatoms. The number of anilines is 1. The van der Waals surface area contributed by atoms with Crippen molar-refractivity contribution in [3.63, 3.8) is 0 Å². The Balaban J connectivity index is 1.63. The van der Waals surface area contributed by atoms with Crippen LogP contribution in [0.25, 0.3) is 22.6 Å². The highest BCUT2D eigenvalue weighted by molar-refractivity contribution is 7.98. The number of aliphatic hydroxyl groups is 2. The van der Waals surface area contributed by atoms with Crippen molar-refractivity contribution in [1.29, 1.82) is 10.5 Å². The van der Waals surface area contributed by atoms with E-state index in [1.54, 1.807) is 25.1 Å². The molecule has 4 rings (SSSR count). The van der Waals surface area contributed by atoms with Gasteiger partial charge in [-0.15, -0.1) is 0 Å². The summed E-state index contributed by atoms with van der Waals surface area (Å²) in [6, 6.07) is 15.8. The fourth-order valence-corrected chi connectivity index (χ4v) is 5.02. The number of nitrogens with two attached hydrogens (primary N) is 1. The number of benzene rings is 2. The molecule has 1 atom stereocenters. The van der Waals surface area contributed by atoms with E-state index in [1.165, 1.54) is 23.9 Å². The molecule has 0 amide bonds. The van der Waals surface area contributed by atoms with Crippen molar-refractivity contribution in [2.75, 3.05) is 12.3 Å². The van der Waals surface area contributed by atoms with E-state index in [0.717, 1.165) is 5.56 Å². The lowest BCUT2D eigenvalue weighted by Gasteiger charge is -2.13. The van der Waals surface area contributed by atoms with Crippen molar-refractivity contribution in [2.45, 2.75) is 36.6 Å². The molecule has 0 bridgehead atoms. The molecule has 4 N–H and O–H groups in total. The Kier molecular flexibility index (Phi) is 8.85. The van der Waals surface area contributed by atoms with Crippen molar-refractivity contribution in [1.82, 2.24) is 9.97 Å². The first kappa shape index (κ1) is 28.1. The minimum Gasteiger partial charge on any atom is -0.441 e. The van der Waals surface area contributed by atoms with Gasteiger partial charge in [-0.3, -0.25) is 0 Å². The number of thioether (sulfide) groups is 1. The van der Waals surface area contributed by atoms with E-state index in [1.807, 2.05) is 12.1 Å². The molecular formula is C28H23ClFN5O3S. The molecule has 198 valence electrons. The summed E-state index contributed by atoms with van der Waals surface area (Å²) >= 11 is 6.99. The number of oxazole rings is 1. The predicted molar refractivity (Wildman–Crippen MR) is 146 cm³/mol. The van der Waals surface area contributed by atoms with Crippen molar-refractivity contribution >= 4 is 29.2 Å². The highest BCUT2D eigenvalue weighted by atomic mass is 35.5. The Bertz CT molecular complexity index is 1590. The fraction of sp³-hybridized carbons (Fsp3) is 0.214. The molecule has 0 unspecified atom stereocenters. The van der Waals surface area contributed by atoms with Crippen molar-refractivity contribution in [3.8, 4) is 34.7 Å². The Morgan fingerprint density at radius 2 is 1.79 bits per heavy atom. The molecule has 0 saturated heterocycles. The van der Waals surface area contributed by atoms with Crippen LogP contribution in [-0.2, 0) is 12.2 Å². The molecule has 0 saturated carbocycles. The van der Waals surface area contributed by atoms with E-state index in [-0.39, 0.29) is 40.2 Å². The van der Waals surface area contributed by atoms with Crippen molar-refractivity contribution < 1.29 is 19.0 Å². The fourth-order valence-electron chi connectivity index (χ4n) is 3.91. The van der Waals surface area contributed by atoms with Gasteiger partial charge in [0.1, 0.15) is 40.1 Å². The number of nitrogens with zero attached hydrogens (tertiary/aromatic N) is 4. The number of nitriles is 2. The molecule has 39 heavy (non-hydrogen) atoms. The Hall–Kier alpha value is -3.93. The molecule has 2 aromatic heterocycles. The monoisotopic (exact) mass is 563 g/mol. The third-order valence-electron chi connectivity index (χ3n) is 6.04. The molecule has 4 aromatic rings. The minimum absolute atomic E-state index is 0.00153. The number of aromatic nitrogens is 2. The van der Waals surface area contributed by atoms with Gasteiger partial charge in [0, 0.05) is 16.9 Å². The average molecular weight is 564 g/mol. The number of hydrogen-bond donors (Lipinski definition) is 3. The third kappa shape index (κ3) is 6.22. The highest BCUT2D eigenvalue weighted by Gasteiger charge is 2.22. The van der Waals surface area contributed by atoms with Crippen LogP contribution in [0, 0.1) is 35.4 Å². The maximum Gasteiger partial charge on any atom is 0.226 e. The number of nitrogen functional groups attached to an aromatic ring is 1. The third-order valence-corrected chi connectivity index (χ3v) is 7.33. The summed E-state index contributed by atoms with van der Waals surface area (Å²) in [5, 5.41) is 38.8. The lowest BCUT2D eigenvalue weighted by molar-refractivity contribution is 0.0886. The summed E-state index contributed by atoms with van der Waals surface area (Å²) in [5.74, 6) is 0.455. The number of aryl methyl sites for hydroxylation is 2. The molecule has 0 fully saturated rings. The van der Waals surface area contributed by atoms with Crippen LogP contribution in [-0.4, -0.2) is 32.9 Å². The zero-order valence-electron chi connectivity index (χ0n) is 20.8. The second kappa shape index (κ2) is 12.3. The van der Waals surface area contributed by atoms with Gasteiger partial charge in [0.05, 0.1) is 29.0 Å². The van der Waals surface area contributed by atoms with Gasteiger partial charge < -0.3 is 20.4 Å². The molecule has 0 aliphatic carbocycles. The Morgan fingerprint density at radius 1 is 1.10 bits per heavy atom. The maximum absolute atomic E-state index is 13.9. The van der Waals surface area contributed by atoms with Crippen LogP contribution in [0.1, 0.15) is 34.6 Å². The molecule has 2 aromatic carbocycles. The van der Waals surface area contributed by atoms with E-state index < -0.39 is 11.9 Å². The van der Waals surface area contributed by atoms with Crippen LogP contribution in [0.15, 0.2) is 51.9 Å². The normalized spacial score (nSPS) is 11.7. The summed E-state index contributed by atoms with van der Waals surface area (Å²) in [6.45, 7) is 1.43. The van der Waals surface area contributed by atoms with Gasteiger partial charge in [-0.25, -0.2) is 14.4 Å². The van der Waals surface area contributed by atoms with Gasteiger partial charge in [0.25, 0.3) is 0 Å². The molecule has 0 aliphatic rings. The standard InChI is InChI=1S/C28H23ClFN5O3S/c1-15-24(34-27(38-15)18-7-9-22(29)23(30)10-18)14-39-28-21(12-32)25(20(11-31)26(33)35-28)17-5-2-16(3-6-17)4-8-19(37)13-36/h2-3,5-7,9-10,19,36-37H,4,8,13-14H2,1H3,(H2,33,35)/t19-/m1/s1. The first-order chi connectivity index (χ1) is 18.7. The van der Waals surface area contributed by atoms with Gasteiger partial charge in [0.2, 0.25) is 5.89 Å². The van der Waals surface area contributed by atoms with E-state index >= 15 is 0 Å². The second-order valence-electron chi connectivity index (χ2n) is 8.66. The van der Waals surface area contributed by atoms with E-state index in [4.69, 9.17) is 26.9 Å². The number of pyridine rings is 1. The minimum atomic E-state index is -0.795. The van der Waals surface area contributed by atoms with Gasteiger partial charge in [-0.2, -0.15) is 10.5 Å². The summed E-state index contributed by atoms with van der Waals surface area (Å²) in [7, 11) is 0. The van der Waals surface area contributed by atoms with E-state index in [9.17, 15) is 20.0 Å². The number of aliphatic hydroxyl groups excluding tert-OH is 2. The largest absolute Gasteiger partial charge is 0.441 e. The maximum atomic E-state index is 13.9. The van der Waals surface area contributed by atoms with Crippen LogP contribution in [0.2, 0.25) is 5.02 Å². The Morgan fingerprint density at radius 3 is 2.44 bits per heavy atom. The van der Waals surface area contributed by atoms with Crippen LogP contribution in [0.5, 0.6) is 0 Å². The zero-order valence-corrected chi connectivity index (χ0v) is 22.4. The van der Waals surface area contributed by atoms with Crippen LogP contribution < -0.4 is 5.73 Å². The lowest BCUT2D eigenvalue weighted by Crippen LogP contribution is -2.12. The summed E-state index contributed by atoms with van der Waals surface area (Å²) in [5.41, 5.74) is 9.39. The average Bonchev–Trinajstić information content (AvgIpc) is 3.32. The summed E-state index contributed by atoms with van der Waals surface area (Å²) < 4.78 is 19.6. The quantitative estimate of drug-likeness (QED) is 0.227. The van der Waals surface area contributed by atoms with Crippen LogP contribution in [0.3, 0.4) is 0 Å². The van der Waals surface area contributed by atoms with Crippen LogP contribution in [0.4, 0.5) is 10.2 Å². The molecule has 0 spiro atoms. The second-order valence-corrected chi connectivity index (χ2v) is 10.0. The molecule has 0 aliphatic heterocycles. The first-order valence-corrected chi connectivity index (χ1v) is 13.2. The van der Waals surface area contributed by atoms with Gasteiger partial charge in [-0.1, -0.05) is 47.6 Å². The summed E-state index contributed by atoms with van der Waals surface area (Å²) in [4.78, 5) is 8.81. The van der Waals surface area contributed by atoms with Crippen molar-refractivity contribution in [2.24, 2.45) is 0 Å². The topological polar surface area (TPSA) is 153 Å². The smallest absolute Gasteiger partial charge is 0.226 e. The molecule has 0 radical (unpaired) electrons. The number of hydrogen-bond acceptors (Lipinski definition) is 9. The highest BCUT2D eigenvalue weighted by Crippen LogP contribution is 2.37. The van der Waals surface area contributed by atoms with Gasteiger partial charge in [0.15, 0.2) is 0 Å². The van der Waals surface area contributed by atoms with Crippen molar-refractivity contribution in [3.05, 3.63) is 81.4 Å². The SMILES string of the molecule is Cc1oc(-c2ccc(Cl)c(F)c2)nc1CSc1nc(N)c(C#N)c(-c2ccc(CC[C@@H](O)CO)cc2)c1C#N.